The summed E-state index contributed by atoms with van der Waals surface area (Å²) in [6, 6.07) is 8.47. The summed E-state index contributed by atoms with van der Waals surface area (Å²) in [5.74, 6) is 0. The number of rotatable bonds is 6. The molecule has 0 radical (unpaired) electrons. The maximum Gasteiger partial charge on any atom is 0.208 e. The zero-order chi connectivity index (χ0) is 13.0. The number of nitrogens with one attached hydrogen (secondary N) is 2. The van der Waals surface area contributed by atoms with Gasteiger partial charge in [0.15, 0.2) is 0 Å². The fourth-order valence-electron chi connectivity index (χ4n) is 1.96. The minimum absolute atomic E-state index is 0.448. The van der Waals surface area contributed by atoms with Crippen LogP contribution in [0.4, 0.5) is 0 Å². The molecule has 2 rings (SSSR count). The Morgan fingerprint density at radius 1 is 1.33 bits per heavy atom. The summed E-state index contributed by atoms with van der Waals surface area (Å²) in [4.78, 5) is 1.37. The van der Waals surface area contributed by atoms with Gasteiger partial charge in [0.2, 0.25) is 10.0 Å². The first-order valence-electron chi connectivity index (χ1n) is 5.94. The Morgan fingerprint density at radius 3 is 2.83 bits per heavy atom. The van der Waals surface area contributed by atoms with E-state index in [0.29, 0.717) is 18.3 Å². The number of thioether (sulfide) groups is 1. The summed E-state index contributed by atoms with van der Waals surface area (Å²) in [6.45, 7) is 2.02. The Hall–Kier alpha value is -0.560. The molecule has 2 N–H and O–H groups in total. The van der Waals surface area contributed by atoms with Crippen molar-refractivity contribution in [1.82, 2.24) is 10.0 Å². The molecule has 0 spiro atoms. The van der Waals surface area contributed by atoms with Gasteiger partial charge in [-0.05, 0) is 18.1 Å². The molecule has 0 aromatic heterocycles. The van der Waals surface area contributed by atoms with Crippen LogP contribution < -0.4 is 10.0 Å². The van der Waals surface area contributed by atoms with Crippen molar-refractivity contribution >= 4 is 21.8 Å². The highest BCUT2D eigenvalue weighted by Crippen LogP contribution is 2.36. The predicted molar refractivity (Wildman–Crippen MR) is 75.5 cm³/mol. The van der Waals surface area contributed by atoms with Crippen molar-refractivity contribution in [3.63, 3.8) is 0 Å². The van der Waals surface area contributed by atoms with Gasteiger partial charge in [-0.15, -0.1) is 11.8 Å². The molecule has 0 bridgehead atoms. The van der Waals surface area contributed by atoms with Crippen LogP contribution in [0.25, 0.3) is 0 Å². The molecule has 0 saturated carbocycles. The van der Waals surface area contributed by atoms with Crippen molar-refractivity contribution in [1.29, 1.82) is 0 Å². The first-order chi connectivity index (χ1) is 8.54. The number of hydrogen-bond donors (Lipinski definition) is 2. The van der Waals surface area contributed by atoms with E-state index in [9.17, 15) is 8.42 Å². The molecule has 1 aliphatic heterocycles. The third kappa shape index (κ3) is 4.28. The first-order valence-corrected chi connectivity index (χ1v) is 8.71. The summed E-state index contributed by atoms with van der Waals surface area (Å²) in [5, 5.41) is 3.84. The second kappa shape index (κ2) is 6.06. The van der Waals surface area contributed by atoms with E-state index in [1.165, 1.54) is 16.7 Å². The normalized spacial score (nSPS) is 18.8. The fraction of sp³-hybridized carbons (Fsp3) is 0.500. The molecule has 0 aliphatic carbocycles. The van der Waals surface area contributed by atoms with Crippen LogP contribution in [-0.2, 0) is 16.4 Å². The maximum absolute atomic E-state index is 10.9. The number of fused-ring (bicyclic) bond motifs is 1. The summed E-state index contributed by atoms with van der Waals surface area (Å²) < 4.78 is 24.2. The van der Waals surface area contributed by atoms with Crippen LogP contribution in [0.15, 0.2) is 29.2 Å². The summed E-state index contributed by atoms with van der Waals surface area (Å²) in [6.07, 6.45) is 2.27. The van der Waals surface area contributed by atoms with Gasteiger partial charge in [-0.25, -0.2) is 13.1 Å². The molecule has 1 aliphatic rings. The third-order valence-electron chi connectivity index (χ3n) is 2.75. The highest BCUT2D eigenvalue weighted by atomic mass is 32.2. The quantitative estimate of drug-likeness (QED) is 0.761. The van der Waals surface area contributed by atoms with Gasteiger partial charge in [-0.2, -0.15) is 0 Å². The van der Waals surface area contributed by atoms with Crippen LogP contribution >= 0.6 is 11.8 Å². The first kappa shape index (κ1) is 13.9. The minimum Gasteiger partial charge on any atom is -0.314 e. The van der Waals surface area contributed by atoms with E-state index in [0.717, 1.165) is 13.0 Å². The SMILES string of the molecule is CS(=O)(=O)NCCNCC1Cc2ccccc2S1. The van der Waals surface area contributed by atoms with Crippen LogP contribution in [-0.4, -0.2) is 39.6 Å². The molecule has 1 heterocycles. The van der Waals surface area contributed by atoms with Crippen LogP contribution in [0, 0.1) is 0 Å². The largest absolute Gasteiger partial charge is 0.314 e. The molecule has 1 aromatic carbocycles. The van der Waals surface area contributed by atoms with Gasteiger partial charge in [-0.1, -0.05) is 18.2 Å². The van der Waals surface area contributed by atoms with Crippen molar-refractivity contribution in [2.75, 3.05) is 25.9 Å². The van der Waals surface area contributed by atoms with Gasteiger partial charge >= 0.3 is 0 Å². The highest BCUT2D eigenvalue weighted by Gasteiger charge is 2.20. The summed E-state index contributed by atoms with van der Waals surface area (Å²) in [7, 11) is -3.06. The lowest BCUT2D eigenvalue weighted by molar-refractivity contribution is 0.581. The zero-order valence-corrected chi connectivity index (χ0v) is 12.0. The Kier molecular flexibility index (Phi) is 4.66. The molecule has 100 valence electrons. The van der Waals surface area contributed by atoms with Gasteiger partial charge in [0.1, 0.15) is 0 Å². The molecule has 1 unspecified atom stereocenters. The van der Waals surface area contributed by atoms with E-state index < -0.39 is 10.0 Å². The van der Waals surface area contributed by atoms with E-state index >= 15 is 0 Å². The molecule has 0 fully saturated rings. The molecule has 0 saturated heterocycles. The molecular weight excluding hydrogens is 268 g/mol. The van der Waals surface area contributed by atoms with E-state index in [-0.39, 0.29) is 0 Å². The minimum atomic E-state index is -3.06. The Balaban J connectivity index is 1.65. The van der Waals surface area contributed by atoms with Crippen LogP contribution in [0.1, 0.15) is 5.56 Å². The van der Waals surface area contributed by atoms with E-state index in [4.69, 9.17) is 0 Å². The third-order valence-corrected chi connectivity index (χ3v) is 4.80. The lowest BCUT2D eigenvalue weighted by Crippen LogP contribution is -2.34. The molecular formula is C12H18N2O2S2. The molecule has 6 heteroatoms. The molecule has 4 nitrogen and oxygen atoms in total. The number of hydrogen-bond acceptors (Lipinski definition) is 4. The van der Waals surface area contributed by atoms with Crippen molar-refractivity contribution in [2.24, 2.45) is 0 Å². The predicted octanol–water partition coefficient (Wildman–Crippen LogP) is 0.842. The zero-order valence-electron chi connectivity index (χ0n) is 10.3. The monoisotopic (exact) mass is 286 g/mol. The van der Waals surface area contributed by atoms with Crippen LogP contribution in [0.2, 0.25) is 0 Å². The van der Waals surface area contributed by atoms with Gasteiger partial charge in [0.05, 0.1) is 6.26 Å². The van der Waals surface area contributed by atoms with Gasteiger partial charge in [-0.3, -0.25) is 0 Å². The molecule has 1 atom stereocenters. The van der Waals surface area contributed by atoms with Crippen molar-refractivity contribution in [3.05, 3.63) is 29.8 Å². The second-order valence-corrected chi connectivity index (χ2v) is 7.60. The average molecular weight is 286 g/mol. The lowest BCUT2D eigenvalue weighted by Gasteiger charge is -2.10. The average Bonchev–Trinajstić information content (AvgIpc) is 2.69. The van der Waals surface area contributed by atoms with Gasteiger partial charge < -0.3 is 5.32 Å². The Morgan fingerprint density at radius 2 is 2.11 bits per heavy atom. The van der Waals surface area contributed by atoms with E-state index in [1.54, 1.807) is 0 Å². The maximum atomic E-state index is 10.9. The second-order valence-electron chi connectivity index (χ2n) is 4.42. The molecule has 18 heavy (non-hydrogen) atoms. The van der Waals surface area contributed by atoms with Gasteiger partial charge in [0, 0.05) is 29.8 Å². The highest BCUT2D eigenvalue weighted by molar-refractivity contribution is 8.00. The number of sulfonamides is 1. The topological polar surface area (TPSA) is 58.2 Å². The Bertz CT molecular complexity index is 478. The standard InChI is InChI=1S/C12H18N2O2S2/c1-18(15,16)14-7-6-13-9-11-8-10-4-2-3-5-12(10)17-11/h2-5,11,13-14H,6-9H2,1H3. The van der Waals surface area contributed by atoms with Crippen LogP contribution in [0.5, 0.6) is 0 Å². The fourth-order valence-corrected chi connectivity index (χ4v) is 3.71. The number of benzene rings is 1. The van der Waals surface area contributed by atoms with Crippen molar-refractivity contribution in [3.8, 4) is 0 Å². The van der Waals surface area contributed by atoms with Crippen LogP contribution in [0.3, 0.4) is 0 Å². The van der Waals surface area contributed by atoms with E-state index in [2.05, 4.69) is 34.3 Å². The smallest absolute Gasteiger partial charge is 0.208 e. The van der Waals surface area contributed by atoms with Crippen molar-refractivity contribution < 1.29 is 8.42 Å². The Labute approximate surface area is 113 Å². The summed E-state index contributed by atoms with van der Waals surface area (Å²) >= 11 is 1.90. The van der Waals surface area contributed by atoms with Gasteiger partial charge in [0.25, 0.3) is 0 Å². The molecule has 1 aromatic rings. The van der Waals surface area contributed by atoms with Crippen molar-refractivity contribution in [2.45, 2.75) is 16.6 Å². The van der Waals surface area contributed by atoms with E-state index in [1.807, 2.05) is 11.8 Å². The lowest BCUT2D eigenvalue weighted by atomic mass is 10.1. The molecule has 0 amide bonds. The summed E-state index contributed by atoms with van der Waals surface area (Å²) in [5.41, 5.74) is 1.42.